The van der Waals surface area contributed by atoms with E-state index in [1.807, 2.05) is 130 Å². The topological polar surface area (TPSA) is 38.9 Å². The molecule has 0 bridgehead atoms. The SMILES string of the molecule is [2H]C([2H])(c1ccccc1)c1cc(-c2[c-]cccc2)ncc1[Si](C)(C)C.[2H]C([2H])(c1ccnc(-c2[c-]cc3oc4ccccc4c3c2)c1)C(C)(C)C.[Ir]. The normalized spacial score (nSPS) is 13.4. The molecule has 7 aromatic rings. The van der Waals surface area contributed by atoms with E-state index in [0.29, 0.717) is 16.8 Å². The van der Waals surface area contributed by atoms with Crippen LogP contribution in [-0.2, 0) is 32.9 Å². The largest absolute Gasteiger partial charge is 0.500 e. The maximum atomic E-state index is 8.84. The van der Waals surface area contributed by atoms with Crippen LogP contribution < -0.4 is 5.19 Å². The molecule has 0 unspecified atom stereocenters. The molecule has 0 amide bonds. The monoisotopic (exact) mass is 827 g/mol. The Bertz CT molecular complexity index is 2300. The molecule has 1 radical (unpaired) electrons. The second kappa shape index (κ2) is 14.9. The predicted octanol–water partition coefficient (Wildman–Crippen LogP) is 10.7. The number of hydrogen-bond donors (Lipinski definition) is 0. The van der Waals surface area contributed by atoms with E-state index in [-0.39, 0.29) is 20.1 Å². The minimum atomic E-state index is -1.76. The molecule has 0 saturated heterocycles. The first kappa shape index (κ1) is 29.9. The van der Waals surface area contributed by atoms with Gasteiger partial charge in [-0.05, 0) is 52.4 Å². The summed E-state index contributed by atoms with van der Waals surface area (Å²) < 4.78 is 40.5. The summed E-state index contributed by atoms with van der Waals surface area (Å²) in [5.41, 5.74) is 6.32. The van der Waals surface area contributed by atoms with Gasteiger partial charge in [-0.25, -0.2) is 0 Å². The van der Waals surface area contributed by atoms with E-state index in [9.17, 15) is 0 Å². The van der Waals surface area contributed by atoms with Gasteiger partial charge in [0, 0.05) is 43.4 Å². The predicted molar refractivity (Wildman–Crippen MR) is 200 cm³/mol. The third kappa shape index (κ3) is 8.65. The Kier molecular flexibility index (Phi) is 9.33. The van der Waals surface area contributed by atoms with Gasteiger partial charge in [-0.1, -0.05) is 118 Å². The molecule has 3 nitrogen and oxygen atoms in total. The number of benzene rings is 4. The van der Waals surface area contributed by atoms with Crippen LogP contribution in [0.25, 0.3) is 44.5 Å². The van der Waals surface area contributed by atoms with Gasteiger partial charge < -0.3 is 14.4 Å². The quantitative estimate of drug-likeness (QED) is 0.124. The molecule has 0 aliphatic rings. The maximum Gasteiger partial charge on any atom is 0.120 e. The number of rotatable bonds is 6. The molecular formula is C43H42IrN2OSi-2. The van der Waals surface area contributed by atoms with Crippen molar-refractivity contribution < 1.29 is 30.0 Å². The molecule has 0 aliphatic carbocycles. The van der Waals surface area contributed by atoms with Crippen LogP contribution in [0.5, 0.6) is 0 Å². The zero-order valence-corrected chi connectivity index (χ0v) is 31.6. The van der Waals surface area contributed by atoms with Gasteiger partial charge >= 0.3 is 0 Å². The van der Waals surface area contributed by atoms with Crippen molar-refractivity contribution in [3.63, 3.8) is 0 Å². The summed E-state index contributed by atoms with van der Waals surface area (Å²) in [6.45, 7) is 12.4. The smallest absolute Gasteiger partial charge is 0.120 e. The molecule has 7 rings (SSSR count). The molecule has 0 N–H and O–H groups in total. The third-order valence-electron chi connectivity index (χ3n) is 7.62. The van der Waals surface area contributed by atoms with Gasteiger partial charge in [0.2, 0.25) is 0 Å². The van der Waals surface area contributed by atoms with Crippen LogP contribution in [0.2, 0.25) is 19.6 Å². The Morgan fingerprint density at radius 2 is 1.46 bits per heavy atom. The van der Waals surface area contributed by atoms with Crippen molar-refractivity contribution in [2.45, 2.75) is 53.2 Å². The molecule has 0 fully saturated rings. The summed E-state index contributed by atoms with van der Waals surface area (Å²) in [5, 5.41) is 3.13. The van der Waals surface area contributed by atoms with Gasteiger partial charge in [-0.15, -0.1) is 59.7 Å². The van der Waals surface area contributed by atoms with Crippen LogP contribution in [0, 0.1) is 17.5 Å². The Morgan fingerprint density at radius 3 is 2.19 bits per heavy atom. The van der Waals surface area contributed by atoms with Crippen molar-refractivity contribution in [1.82, 2.24) is 9.97 Å². The van der Waals surface area contributed by atoms with Crippen molar-refractivity contribution in [2.24, 2.45) is 5.41 Å². The van der Waals surface area contributed by atoms with Gasteiger partial charge in [0.1, 0.15) is 5.58 Å². The summed E-state index contributed by atoms with van der Waals surface area (Å²) in [5.74, 6) is 0. The first-order valence-electron chi connectivity index (χ1n) is 17.9. The first-order chi connectivity index (χ1) is 24.1. The molecule has 0 saturated carbocycles. The molecule has 0 atom stereocenters. The molecule has 5 heteroatoms. The van der Waals surface area contributed by atoms with Crippen LogP contribution in [-0.4, -0.2) is 18.0 Å². The second-order valence-corrected chi connectivity index (χ2v) is 18.7. The van der Waals surface area contributed by atoms with E-state index in [1.165, 1.54) is 0 Å². The molecule has 0 spiro atoms. The average Bonchev–Trinajstić information content (AvgIpc) is 3.50. The number of pyridine rings is 2. The summed E-state index contributed by atoms with van der Waals surface area (Å²) >= 11 is 0. The maximum absolute atomic E-state index is 8.84. The van der Waals surface area contributed by atoms with Crippen molar-refractivity contribution in [3.8, 4) is 22.5 Å². The number of aromatic nitrogens is 2. The number of hydrogen-bond acceptors (Lipinski definition) is 3. The molecule has 48 heavy (non-hydrogen) atoms. The number of furan rings is 1. The van der Waals surface area contributed by atoms with Crippen molar-refractivity contribution in [2.75, 3.05) is 0 Å². The molecule has 3 aromatic heterocycles. The minimum absolute atomic E-state index is 0. The van der Waals surface area contributed by atoms with Crippen molar-refractivity contribution in [3.05, 3.63) is 150 Å². The van der Waals surface area contributed by atoms with E-state index in [4.69, 9.17) is 9.90 Å². The van der Waals surface area contributed by atoms with Gasteiger partial charge in [-0.3, -0.25) is 0 Å². The fraction of sp³-hybridized carbons (Fsp3) is 0.209. The van der Waals surface area contributed by atoms with Gasteiger partial charge in [0.25, 0.3) is 0 Å². The number of para-hydroxylation sites is 1. The number of fused-ring (bicyclic) bond motifs is 3. The Balaban J connectivity index is 0.000000197. The van der Waals surface area contributed by atoms with E-state index < -0.39 is 26.2 Å². The molecular weight excluding hydrogens is 781 g/mol. The van der Waals surface area contributed by atoms with E-state index >= 15 is 0 Å². The molecule has 3 heterocycles. The van der Waals surface area contributed by atoms with Crippen LogP contribution in [0.4, 0.5) is 0 Å². The standard InChI is InChI=1S/C22H20NO.C21H22NSi.Ir/c1-22(2,3)14-15-10-11-23-19(12-15)16-8-9-21-18(13-16)17-6-4-5-7-20(17)24-21;1-23(2,3)21-16-22-20(18-12-8-5-9-13-18)15-19(21)14-17-10-6-4-7-11-17;/h4-7,9-13H,14H2,1-3H3;4-12,15-16H,14H2,1-3H3;/q2*-1;/i2*14D2;. The molecule has 245 valence electrons. The fourth-order valence-corrected chi connectivity index (χ4v) is 6.83. The minimum Gasteiger partial charge on any atom is -0.500 e. The van der Waals surface area contributed by atoms with Crippen molar-refractivity contribution in [1.29, 1.82) is 0 Å². The zero-order chi connectivity index (χ0) is 36.6. The Hall–Kier alpha value is -4.15. The van der Waals surface area contributed by atoms with Crippen LogP contribution >= 0.6 is 0 Å². The van der Waals surface area contributed by atoms with E-state index in [0.717, 1.165) is 49.5 Å². The Labute approximate surface area is 305 Å². The summed E-state index contributed by atoms with van der Waals surface area (Å²) in [6.07, 6.45) is 0.513. The van der Waals surface area contributed by atoms with Gasteiger partial charge in [-0.2, -0.15) is 0 Å². The second-order valence-electron chi connectivity index (χ2n) is 13.7. The zero-order valence-electron chi connectivity index (χ0n) is 32.2. The van der Waals surface area contributed by atoms with Gasteiger partial charge in [0.15, 0.2) is 0 Å². The first-order valence-corrected chi connectivity index (χ1v) is 19.4. The van der Waals surface area contributed by atoms with E-state index in [1.54, 1.807) is 12.3 Å². The third-order valence-corrected chi connectivity index (χ3v) is 9.63. The van der Waals surface area contributed by atoms with Crippen LogP contribution in [0.1, 0.15) is 42.9 Å². The fourth-order valence-electron chi connectivity index (χ4n) is 5.44. The van der Waals surface area contributed by atoms with Crippen LogP contribution in [0.3, 0.4) is 0 Å². The number of nitrogens with zero attached hydrogens (tertiary/aromatic N) is 2. The summed E-state index contributed by atoms with van der Waals surface area (Å²) in [7, 11) is -1.76. The average molecular weight is 827 g/mol. The summed E-state index contributed by atoms with van der Waals surface area (Å²) in [4.78, 5) is 9.07. The van der Waals surface area contributed by atoms with Crippen molar-refractivity contribution >= 4 is 35.2 Å². The van der Waals surface area contributed by atoms with Crippen LogP contribution in [0.15, 0.2) is 126 Å². The van der Waals surface area contributed by atoms with Gasteiger partial charge in [0.05, 0.1) is 13.7 Å². The summed E-state index contributed by atoms with van der Waals surface area (Å²) in [6, 6.07) is 40.7. The van der Waals surface area contributed by atoms with E-state index in [2.05, 4.69) is 41.7 Å². The Morgan fingerprint density at radius 1 is 0.729 bits per heavy atom. The molecule has 0 aliphatic heterocycles. The molecule has 4 aromatic carbocycles.